The first-order chi connectivity index (χ1) is 15.1. The number of nitrogens with zero attached hydrogens (tertiary/aromatic N) is 2. The molecule has 3 aromatic rings. The van der Waals surface area contributed by atoms with Gasteiger partial charge in [-0.25, -0.2) is 4.39 Å². The minimum atomic E-state index is -4.53. The van der Waals surface area contributed by atoms with E-state index in [2.05, 4.69) is 5.32 Å². The van der Waals surface area contributed by atoms with Crippen molar-refractivity contribution in [2.75, 3.05) is 4.90 Å². The summed E-state index contributed by atoms with van der Waals surface area (Å²) in [5, 5.41) is 2.17. The number of anilines is 1. The van der Waals surface area contributed by atoms with Crippen molar-refractivity contribution in [2.45, 2.75) is 6.18 Å². The van der Waals surface area contributed by atoms with Crippen LogP contribution in [0.1, 0.15) is 11.3 Å². The van der Waals surface area contributed by atoms with Gasteiger partial charge in [0.1, 0.15) is 11.4 Å². The Labute approximate surface area is 184 Å². The Morgan fingerprint density at radius 3 is 2.38 bits per heavy atom. The molecule has 1 fully saturated rings. The van der Waals surface area contributed by atoms with Gasteiger partial charge in [-0.3, -0.25) is 19.8 Å². The number of hydrogen-bond donors (Lipinski definition) is 1. The van der Waals surface area contributed by atoms with Crippen molar-refractivity contribution in [3.8, 4) is 5.69 Å². The summed E-state index contributed by atoms with van der Waals surface area (Å²) in [5.74, 6) is -2.16. The molecule has 162 valence electrons. The van der Waals surface area contributed by atoms with Crippen LogP contribution in [0.15, 0.2) is 72.4 Å². The molecule has 0 spiro atoms. The molecule has 10 heteroatoms. The van der Waals surface area contributed by atoms with E-state index in [1.54, 1.807) is 6.07 Å². The number of hydrogen-bond acceptors (Lipinski definition) is 3. The largest absolute Gasteiger partial charge is 0.416 e. The first-order valence-electron chi connectivity index (χ1n) is 9.17. The van der Waals surface area contributed by atoms with E-state index in [0.717, 1.165) is 23.1 Å². The molecule has 0 aliphatic carbocycles. The smallest absolute Gasteiger partial charge is 0.317 e. The van der Waals surface area contributed by atoms with E-state index in [-0.39, 0.29) is 27.8 Å². The Morgan fingerprint density at radius 1 is 0.938 bits per heavy atom. The standard InChI is InChI=1S/C22H13F4N3O2S/c23-14-5-2-7-17(11-14)29-20(31)18(19(30)27-21(29)32)12-16-8-3-9-28(16)15-6-1-4-13(10-15)22(24,25)26/h1-12H,(H,27,30,32). The number of carbonyl (C=O) groups is 2. The molecule has 0 unspecified atom stereocenters. The Kier molecular flexibility index (Phi) is 5.39. The van der Waals surface area contributed by atoms with Crippen LogP contribution in [0.2, 0.25) is 0 Å². The van der Waals surface area contributed by atoms with Crippen molar-refractivity contribution in [3.05, 3.63) is 89.5 Å². The lowest BCUT2D eigenvalue weighted by molar-refractivity contribution is -0.137. The lowest BCUT2D eigenvalue weighted by Crippen LogP contribution is -2.54. The second kappa shape index (κ2) is 8.04. The van der Waals surface area contributed by atoms with Crippen molar-refractivity contribution in [2.24, 2.45) is 0 Å². The monoisotopic (exact) mass is 459 g/mol. The summed E-state index contributed by atoms with van der Waals surface area (Å²) < 4.78 is 54.3. The minimum Gasteiger partial charge on any atom is -0.317 e. The molecule has 4 rings (SSSR count). The average Bonchev–Trinajstić information content (AvgIpc) is 3.19. The number of rotatable bonds is 3. The normalized spacial score (nSPS) is 15.9. The number of nitrogens with one attached hydrogen (secondary N) is 1. The molecule has 5 nitrogen and oxygen atoms in total. The van der Waals surface area contributed by atoms with Gasteiger partial charge in [0.25, 0.3) is 11.8 Å². The minimum absolute atomic E-state index is 0.124. The summed E-state index contributed by atoms with van der Waals surface area (Å²) in [7, 11) is 0. The third-order valence-electron chi connectivity index (χ3n) is 4.69. The quantitative estimate of drug-likeness (QED) is 0.272. The number of carbonyl (C=O) groups excluding carboxylic acids is 2. The van der Waals surface area contributed by atoms with Gasteiger partial charge < -0.3 is 4.57 Å². The molecular weight excluding hydrogens is 446 g/mol. The first-order valence-corrected chi connectivity index (χ1v) is 9.58. The van der Waals surface area contributed by atoms with Crippen LogP contribution in [0.5, 0.6) is 0 Å². The molecule has 0 saturated carbocycles. The highest BCUT2D eigenvalue weighted by molar-refractivity contribution is 7.80. The highest BCUT2D eigenvalue weighted by atomic mass is 32.1. The van der Waals surface area contributed by atoms with Gasteiger partial charge in [0, 0.05) is 17.6 Å². The molecule has 2 amide bonds. The van der Waals surface area contributed by atoms with Gasteiger partial charge in [-0.15, -0.1) is 0 Å². The Hall–Kier alpha value is -3.79. The Balaban J connectivity index is 1.75. The van der Waals surface area contributed by atoms with Crippen molar-refractivity contribution >= 4 is 40.9 Å². The van der Waals surface area contributed by atoms with Crippen molar-refractivity contribution < 1.29 is 27.2 Å². The zero-order valence-corrected chi connectivity index (χ0v) is 16.9. The predicted octanol–water partition coefficient (Wildman–Crippen LogP) is 4.47. The van der Waals surface area contributed by atoms with Gasteiger partial charge in [-0.05, 0) is 66.8 Å². The molecule has 1 aliphatic heterocycles. The zero-order valence-electron chi connectivity index (χ0n) is 16.1. The van der Waals surface area contributed by atoms with Gasteiger partial charge in [-0.1, -0.05) is 12.1 Å². The van der Waals surface area contributed by atoms with E-state index in [1.807, 2.05) is 0 Å². The molecule has 32 heavy (non-hydrogen) atoms. The van der Waals surface area contributed by atoms with Crippen LogP contribution in [0, 0.1) is 5.82 Å². The third kappa shape index (κ3) is 4.04. The number of aromatic nitrogens is 1. The Morgan fingerprint density at radius 2 is 1.66 bits per heavy atom. The number of halogens is 4. The SMILES string of the molecule is O=C1NC(=S)N(c2cccc(F)c2)C(=O)C1=Cc1cccn1-c1cccc(C(F)(F)F)c1. The molecule has 0 atom stereocenters. The fourth-order valence-electron chi connectivity index (χ4n) is 3.23. The zero-order chi connectivity index (χ0) is 23.0. The molecule has 0 radical (unpaired) electrons. The highest BCUT2D eigenvalue weighted by Gasteiger charge is 2.35. The van der Waals surface area contributed by atoms with Crippen LogP contribution in [0.25, 0.3) is 11.8 Å². The summed E-state index contributed by atoms with van der Waals surface area (Å²) in [6.07, 6.45) is -1.78. The van der Waals surface area contributed by atoms with Crippen LogP contribution < -0.4 is 10.2 Å². The molecule has 1 aliphatic rings. The van der Waals surface area contributed by atoms with Gasteiger partial charge in [0.15, 0.2) is 5.11 Å². The average molecular weight is 459 g/mol. The van der Waals surface area contributed by atoms with Crippen LogP contribution in [-0.4, -0.2) is 21.5 Å². The summed E-state index contributed by atoms with van der Waals surface area (Å²) in [6, 6.07) is 12.8. The van der Waals surface area contributed by atoms with Gasteiger partial charge in [0.2, 0.25) is 0 Å². The number of alkyl halides is 3. The molecule has 1 aromatic heterocycles. The molecule has 1 N–H and O–H groups in total. The Bertz CT molecular complexity index is 1280. The van der Waals surface area contributed by atoms with E-state index in [4.69, 9.17) is 12.2 Å². The molecule has 0 bridgehead atoms. The van der Waals surface area contributed by atoms with Gasteiger partial charge in [-0.2, -0.15) is 13.2 Å². The van der Waals surface area contributed by atoms with Crippen molar-refractivity contribution in [1.29, 1.82) is 0 Å². The van der Waals surface area contributed by atoms with Crippen LogP contribution in [0.4, 0.5) is 23.2 Å². The van der Waals surface area contributed by atoms with Gasteiger partial charge >= 0.3 is 6.18 Å². The third-order valence-corrected chi connectivity index (χ3v) is 4.98. The maximum atomic E-state index is 13.6. The van der Waals surface area contributed by atoms with Crippen LogP contribution in [-0.2, 0) is 15.8 Å². The van der Waals surface area contributed by atoms with Crippen LogP contribution >= 0.6 is 12.2 Å². The molecular formula is C22H13F4N3O2S. The lowest BCUT2D eigenvalue weighted by atomic mass is 10.1. The summed E-state index contributed by atoms with van der Waals surface area (Å²) in [4.78, 5) is 26.5. The molecule has 1 saturated heterocycles. The topological polar surface area (TPSA) is 54.3 Å². The second-order valence-corrected chi connectivity index (χ2v) is 7.18. The summed E-state index contributed by atoms with van der Waals surface area (Å²) >= 11 is 5.07. The van der Waals surface area contributed by atoms with E-state index in [1.165, 1.54) is 53.2 Å². The molecule has 2 heterocycles. The lowest BCUT2D eigenvalue weighted by Gasteiger charge is -2.29. The number of thiocarbonyl (C=S) groups is 1. The van der Waals surface area contributed by atoms with E-state index in [9.17, 15) is 27.2 Å². The van der Waals surface area contributed by atoms with Crippen molar-refractivity contribution in [1.82, 2.24) is 9.88 Å². The van der Waals surface area contributed by atoms with Gasteiger partial charge in [0.05, 0.1) is 11.3 Å². The first kappa shape index (κ1) is 21.4. The maximum absolute atomic E-state index is 13.6. The molecule has 2 aromatic carbocycles. The fraction of sp³-hybridized carbons (Fsp3) is 0.0455. The number of amides is 2. The van der Waals surface area contributed by atoms with E-state index in [0.29, 0.717) is 0 Å². The van der Waals surface area contributed by atoms with E-state index >= 15 is 0 Å². The maximum Gasteiger partial charge on any atom is 0.416 e. The van der Waals surface area contributed by atoms with E-state index < -0.39 is 29.4 Å². The second-order valence-electron chi connectivity index (χ2n) is 6.79. The number of benzene rings is 2. The predicted molar refractivity (Wildman–Crippen MR) is 113 cm³/mol. The van der Waals surface area contributed by atoms with Crippen molar-refractivity contribution in [3.63, 3.8) is 0 Å². The highest BCUT2D eigenvalue weighted by Crippen LogP contribution is 2.31. The summed E-state index contributed by atoms with van der Waals surface area (Å²) in [6.45, 7) is 0. The fourth-order valence-corrected chi connectivity index (χ4v) is 3.51. The van der Waals surface area contributed by atoms with Crippen LogP contribution in [0.3, 0.4) is 0 Å². The summed E-state index contributed by atoms with van der Waals surface area (Å²) in [5.41, 5.74) is -0.543.